The van der Waals surface area contributed by atoms with E-state index in [0.717, 1.165) is 44.9 Å². The van der Waals surface area contributed by atoms with Gasteiger partial charge in [0.1, 0.15) is 19.3 Å². The van der Waals surface area contributed by atoms with Crippen LogP contribution < -0.4 is 0 Å². The first-order valence-corrected chi connectivity index (χ1v) is 19.7. The standard InChI is InChI=1S/C41H72O6/c1-3-5-7-8-9-10-11-12-13-14-15-19-22-25-29-33-40(43)45-35-37(42)36-46-41(44)34-30-26-23-20-17-16-18-21-24-28-32-39-38(47-39)31-27-6-4-2/h16,18,20,23-24,28,37-39,42H,3-15,17,19,21-22,25-27,29-36H2,1-2H3/b18-16-,23-20-,28-24-/t37-,38?,39?/m1/s1. The second-order valence-electron chi connectivity index (χ2n) is 13.4. The van der Waals surface area contributed by atoms with Crippen LogP contribution in [0.3, 0.4) is 0 Å². The minimum atomic E-state index is -0.986. The molecule has 47 heavy (non-hydrogen) atoms. The Kier molecular flexibility index (Phi) is 29.9. The summed E-state index contributed by atoms with van der Waals surface area (Å²) >= 11 is 0. The van der Waals surface area contributed by atoms with Crippen molar-refractivity contribution in [1.29, 1.82) is 0 Å². The Morgan fingerprint density at radius 2 is 1.02 bits per heavy atom. The van der Waals surface area contributed by atoms with E-state index >= 15 is 0 Å². The molecule has 1 saturated heterocycles. The number of esters is 2. The highest BCUT2D eigenvalue weighted by molar-refractivity contribution is 5.69. The number of carbonyl (C=O) groups excluding carboxylic acids is 2. The van der Waals surface area contributed by atoms with E-state index < -0.39 is 6.10 Å². The predicted molar refractivity (Wildman–Crippen MR) is 195 cm³/mol. The van der Waals surface area contributed by atoms with Crippen LogP contribution in [0.25, 0.3) is 0 Å². The van der Waals surface area contributed by atoms with Crippen molar-refractivity contribution in [3.8, 4) is 0 Å². The largest absolute Gasteiger partial charge is 0.463 e. The number of allylic oxidation sites excluding steroid dienone is 5. The van der Waals surface area contributed by atoms with Crippen LogP contribution in [-0.4, -0.2) is 48.6 Å². The van der Waals surface area contributed by atoms with Crippen molar-refractivity contribution in [2.75, 3.05) is 13.2 Å². The van der Waals surface area contributed by atoms with Crippen LogP contribution >= 0.6 is 0 Å². The van der Waals surface area contributed by atoms with Crippen LogP contribution in [0.1, 0.15) is 181 Å². The van der Waals surface area contributed by atoms with Crippen LogP contribution in [0, 0.1) is 0 Å². The molecule has 2 unspecified atom stereocenters. The van der Waals surface area contributed by atoms with E-state index in [4.69, 9.17) is 14.2 Å². The molecule has 0 bridgehead atoms. The van der Waals surface area contributed by atoms with E-state index in [1.165, 1.54) is 103 Å². The molecule has 6 heteroatoms. The molecule has 0 aromatic heterocycles. The average Bonchev–Trinajstić information content (AvgIpc) is 3.82. The number of carbonyl (C=O) groups is 2. The SMILES string of the molecule is CCCCCCCCCCCCCCCCCC(=O)OC[C@@H](O)COC(=O)CCC/C=C\C/C=C\C/C=C\CC1OC1CCCCC. The first-order chi connectivity index (χ1) is 23.1. The molecule has 1 heterocycles. The van der Waals surface area contributed by atoms with Gasteiger partial charge in [0.05, 0.1) is 12.2 Å². The molecule has 3 atom stereocenters. The zero-order chi connectivity index (χ0) is 34.0. The number of hydrogen-bond acceptors (Lipinski definition) is 6. The highest BCUT2D eigenvalue weighted by atomic mass is 16.6. The van der Waals surface area contributed by atoms with Crippen LogP contribution in [0.4, 0.5) is 0 Å². The Balaban J connectivity index is 1.85. The Morgan fingerprint density at radius 1 is 0.574 bits per heavy atom. The van der Waals surface area contributed by atoms with Crippen molar-refractivity contribution >= 4 is 11.9 Å². The Morgan fingerprint density at radius 3 is 1.57 bits per heavy atom. The third kappa shape index (κ3) is 29.9. The van der Waals surface area contributed by atoms with E-state index in [2.05, 4.69) is 50.3 Å². The Labute approximate surface area is 289 Å². The minimum absolute atomic E-state index is 0.134. The fraction of sp³-hybridized carbons (Fsp3) is 0.805. The van der Waals surface area contributed by atoms with Gasteiger partial charge in [-0.25, -0.2) is 0 Å². The molecule has 1 fully saturated rings. The third-order valence-electron chi connectivity index (χ3n) is 8.80. The lowest BCUT2D eigenvalue weighted by Gasteiger charge is -2.12. The van der Waals surface area contributed by atoms with Crippen LogP contribution in [-0.2, 0) is 23.8 Å². The molecule has 0 spiro atoms. The van der Waals surface area contributed by atoms with Gasteiger partial charge in [-0.1, -0.05) is 159 Å². The van der Waals surface area contributed by atoms with Crippen molar-refractivity contribution in [3.63, 3.8) is 0 Å². The summed E-state index contributed by atoms with van der Waals surface area (Å²) in [6.45, 7) is 4.22. The van der Waals surface area contributed by atoms with Gasteiger partial charge in [-0.05, 0) is 44.9 Å². The average molecular weight is 661 g/mol. The molecular formula is C41H72O6. The molecule has 272 valence electrons. The highest BCUT2D eigenvalue weighted by Gasteiger charge is 2.36. The quantitative estimate of drug-likeness (QED) is 0.0320. The topological polar surface area (TPSA) is 85.4 Å². The monoisotopic (exact) mass is 661 g/mol. The summed E-state index contributed by atoms with van der Waals surface area (Å²) in [5.74, 6) is -0.629. The Hall–Kier alpha value is -1.92. The van der Waals surface area contributed by atoms with Gasteiger partial charge in [0.2, 0.25) is 0 Å². The van der Waals surface area contributed by atoms with Crippen LogP contribution in [0.15, 0.2) is 36.5 Å². The molecule has 0 aromatic carbocycles. The normalized spacial score (nSPS) is 16.8. The molecule has 0 saturated carbocycles. The number of hydrogen-bond donors (Lipinski definition) is 1. The molecular weight excluding hydrogens is 588 g/mol. The number of rotatable bonds is 34. The fourth-order valence-corrected chi connectivity index (χ4v) is 5.70. The van der Waals surface area contributed by atoms with Gasteiger partial charge < -0.3 is 19.3 Å². The number of aliphatic hydroxyl groups is 1. The molecule has 0 aromatic rings. The lowest BCUT2D eigenvalue weighted by atomic mass is 10.0. The summed E-state index contributed by atoms with van der Waals surface area (Å²) in [5, 5.41) is 10.0. The highest BCUT2D eigenvalue weighted by Crippen LogP contribution is 2.30. The molecule has 1 N–H and O–H groups in total. The predicted octanol–water partition coefficient (Wildman–Crippen LogP) is 11.1. The summed E-state index contributed by atoms with van der Waals surface area (Å²) in [6.07, 6.45) is 42.3. The number of ether oxygens (including phenoxy) is 3. The first-order valence-electron chi connectivity index (χ1n) is 19.7. The molecule has 6 nitrogen and oxygen atoms in total. The van der Waals surface area contributed by atoms with Crippen molar-refractivity contribution in [3.05, 3.63) is 36.5 Å². The van der Waals surface area contributed by atoms with E-state index in [1.807, 2.05) is 0 Å². The molecule has 1 rings (SSSR count). The summed E-state index contributed by atoms with van der Waals surface area (Å²) in [6, 6.07) is 0. The number of aliphatic hydroxyl groups excluding tert-OH is 1. The molecule has 0 amide bonds. The maximum Gasteiger partial charge on any atom is 0.305 e. The summed E-state index contributed by atoms with van der Waals surface area (Å²) < 4.78 is 16.0. The zero-order valence-corrected chi connectivity index (χ0v) is 30.5. The van der Waals surface area contributed by atoms with Crippen molar-refractivity contribution < 1.29 is 28.9 Å². The maximum atomic E-state index is 12.0. The van der Waals surface area contributed by atoms with E-state index in [1.54, 1.807) is 0 Å². The van der Waals surface area contributed by atoms with Gasteiger partial charge in [-0.3, -0.25) is 9.59 Å². The van der Waals surface area contributed by atoms with E-state index in [-0.39, 0.29) is 25.2 Å². The van der Waals surface area contributed by atoms with Crippen molar-refractivity contribution in [1.82, 2.24) is 0 Å². The summed E-state index contributed by atoms with van der Waals surface area (Å²) in [4.78, 5) is 23.9. The fourth-order valence-electron chi connectivity index (χ4n) is 5.70. The molecule has 0 radical (unpaired) electrons. The molecule has 1 aliphatic rings. The van der Waals surface area contributed by atoms with Crippen LogP contribution in [0.5, 0.6) is 0 Å². The van der Waals surface area contributed by atoms with Gasteiger partial charge in [-0.15, -0.1) is 0 Å². The van der Waals surface area contributed by atoms with Crippen molar-refractivity contribution in [2.45, 2.75) is 199 Å². The van der Waals surface area contributed by atoms with Gasteiger partial charge in [0, 0.05) is 12.8 Å². The summed E-state index contributed by atoms with van der Waals surface area (Å²) in [7, 11) is 0. The second-order valence-corrected chi connectivity index (χ2v) is 13.4. The lowest BCUT2D eigenvalue weighted by molar-refractivity contribution is -0.152. The summed E-state index contributed by atoms with van der Waals surface area (Å²) in [5.41, 5.74) is 0. The van der Waals surface area contributed by atoms with Crippen LogP contribution in [0.2, 0.25) is 0 Å². The number of unbranched alkanes of at least 4 members (excludes halogenated alkanes) is 17. The maximum absolute atomic E-state index is 12.0. The zero-order valence-electron chi connectivity index (χ0n) is 30.5. The van der Waals surface area contributed by atoms with Gasteiger partial charge in [-0.2, -0.15) is 0 Å². The van der Waals surface area contributed by atoms with E-state index in [9.17, 15) is 14.7 Å². The smallest absolute Gasteiger partial charge is 0.305 e. The van der Waals surface area contributed by atoms with Crippen molar-refractivity contribution in [2.24, 2.45) is 0 Å². The second kappa shape index (κ2) is 32.6. The lowest BCUT2D eigenvalue weighted by Crippen LogP contribution is -2.25. The van der Waals surface area contributed by atoms with Gasteiger partial charge in [0.15, 0.2) is 0 Å². The van der Waals surface area contributed by atoms with Gasteiger partial charge in [0.25, 0.3) is 0 Å². The van der Waals surface area contributed by atoms with Gasteiger partial charge >= 0.3 is 11.9 Å². The third-order valence-corrected chi connectivity index (χ3v) is 8.80. The molecule has 0 aliphatic carbocycles. The minimum Gasteiger partial charge on any atom is -0.463 e. The molecule has 1 aliphatic heterocycles. The van der Waals surface area contributed by atoms with E-state index in [0.29, 0.717) is 31.5 Å². The Bertz CT molecular complexity index is 819. The first kappa shape index (κ1) is 43.1. The number of epoxide rings is 1.